The molecule has 0 bridgehead atoms. The summed E-state index contributed by atoms with van der Waals surface area (Å²) in [4.78, 5) is 15.1. The first-order valence-electron chi connectivity index (χ1n) is 6.68. The zero-order valence-electron chi connectivity index (χ0n) is 11.1. The first-order valence-corrected chi connectivity index (χ1v) is 7.56. The lowest BCUT2D eigenvalue weighted by molar-refractivity contribution is -0.198. The maximum Gasteiger partial charge on any atom is 0.228 e. The van der Waals surface area contributed by atoms with E-state index in [0.717, 1.165) is 37.4 Å². The van der Waals surface area contributed by atoms with Crippen LogP contribution in [0, 0.1) is 0 Å². The van der Waals surface area contributed by atoms with Gasteiger partial charge in [-0.15, -0.1) is 11.3 Å². The molecule has 0 saturated carbocycles. The Morgan fingerprint density at radius 2 is 2.47 bits per heavy atom. The number of hydrogen-bond donors (Lipinski definition) is 0. The summed E-state index contributed by atoms with van der Waals surface area (Å²) in [6.45, 7) is 2.18. The van der Waals surface area contributed by atoms with Gasteiger partial charge < -0.3 is 14.4 Å². The number of likely N-dealkylation sites (tertiary alicyclic amines) is 1. The monoisotopic (exact) mass is 281 g/mol. The smallest absolute Gasteiger partial charge is 0.228 e. The van der Waals surface area contributed by atoms with Crippen molar-refractivity contribution in [2.45, 2.75) is 31.0 Å². The van der Waals surface area contributed by atoms with Crippen molar-refractivity contribution in [3.8, 4) is 0 Å². The molecule has 1 spiro atoms. The summed E-state index contributed by atoms with van der Waals surface area (Å²) in [6, 6.07) is 3.99. The summed E-state index contributed by atoms with van der Waals surface area (Å²) < 4.78 is 11.3. The van der Waals surface area contributed by atoms with Crippen molar-refractivity contribution in [3.05, 3.63) is 22.4 Å². The van der Waals surface area contributed by atoms with E-state index in [0.29, 0.717) is 6.42 Å². The number of ether oxygens (including phenoxy) is 2. The SMILES string of the molecule is COC1CCOC2(C1)CN(C(=O)Cc1cccs1)C2. The van der Waals surface area contributed by atoms with Crippen molar-refractivity contribution in [1.82, 2.24) is 4.90 Å². The van der Waals surface area contributed by atoms with Gasteiger partial charge >= 0.3 is 0 Å². The predicted molar refractivity (Wildman–Crippen MR) is 73.3 cm³/mol. The second-order valence-electron chi connectivity index (χ2n) is 5.39. The van der Waals surface area contributed by atoms with Gasteiger partial charge in [0.1, 0.15) is 5.60 Å². The number of rotatable bonds is 3. The largest absolute Gasteiger partial charge is 0.381 e. The van der Waals surface area contributed by atoms with Crippen LogP contribution in [0.25, 0.3) is 0 Å². The van der Waals surface area contributed by atoms with Gasteiger partial charge in [0, 0.05) is 25.0 Å². The molecular weight excluding hydrogens is 262 g/mol. The maximum absolute atomic E-state index is 12.1. The molecule has 3 rings (SSSR count). The zero-order valence-corrected chi connectivity index (χ0v) is 11.9. The van der Waals surface area contributed by atoms with Gasteiger partial charge in [-0.3, -0.25) is 4.79 Å². The van der Waals surface area contributed by atoms with E-state index in [9.17, 15) is 4.79 Å². The molecule has 19 heavy (non-hydrogen) atoms. The summed E-state index contributed by atoms with van der Waals surface area (Å²) in [5, 5.41) is 2.01. The average molecular weight is 281 g/mol. The number of carbonyl (C=O) groups excluding carboxylic acids is 1. The van der Waals surface area contributed by atoms with E-state index in [4.69, 9.17) is 9.47 Å². The van der Waals surface area contributed by atoms with Crippen LogP contribution in [-0.2, 0) is 20.7 Å². The third-order valence-corrected chi connectivity index (χ3v) is 4.87. The van der Waals surface area contributed by atoms with E-state index in [-0.39, 0.29) is 17.6 Å². The van der Waals surface area contributed by atoms with Crippen LogP contribution in [0.4, 0.5) is 0 Å². The predicted octanol–water partition coefficient (Wildman–Crippen LogP) is 1.70. The number of hydrogen-bond acceptors (Lipinski definition) is 4. The molecule has 1 aromatic heterocycles. The quantitative estimate of drug-likeness (QED) is 0.846. The third-order valence-electron chi connectivity index (χ3n) is 4.00. The van der Waals surface area contributed by atoms with Crippen LogP contribution in [0.5, 0.6) is 0 Å². The first-order chi connectivity index (χ1) is 9.21. The minimum Gasteiger partial charge on any atom is -0.381 e. The second kappa shape index (κ2) is 5.23. The van der Waals surface area contributed by atoms with E-state index in [1.54, 1.807) is 18.4 Å². The Hall–Kier alpha value is -0.910. The van der Waals surface area contributed by atoms with Crippen molar-refractivity contribution >= 4 is 17.2 Å². The highest BCUT2D eigenvalue weighted by Gasteiger charge is 2.49. The molecule has 0 N–H and O–H groups in total. The minimum atomic E-state index is -0.135. The fraction of sp³-hybridized carbons (Fsp3) is 0.643. The molecule has 2 fully saturated rings. The van der Waals surface area contributed by atoms with Gasteiger partial charge in [-0.25, -0.2) is 0 Å². The fourth-order valence-corrected chi connectivity index (χ4v) is 3.60. The molecule has 0 aliphatic carbocycles. The van der Waals surface area contributed by atoms with Gasteiger partial charge in [0.2, 0.25) is 5.91 Å². The summed E-state index contributed by atoms with van der Waals surface area (Å²) >= 11 is 1.64. The Labute approximate surface area is 117 Å². The highest BCUT2D eigenvalue weighted by molar-refractivity contribution is 7.10. The zero-order chi connectivity index (χ0) is 13.3. The molecule has 3 heterocycles. The molecule has 4 nitrogen and oxygen atoms in total. The molecule has 1 amide bonds. The molecule has 1 unspecified atom stereocenters. The minimum absolute atomic E-state index is 0.135. The van der Waals surface area contributed by atoms with Crippen molar-refractivity contribution < 1.29 is 14.3 Å². The molecule has 2 aliphatic heterocycles. The normalized spacial score (nSPS) is 25.3. The van der Waals surface area contributed by atoms with Gasteiger partial charge in [0.15, 0.2) is 0 Å². The summed E-state index contributed by atoms with van der Waals surface area (Å²) in [7, 11) is 1.75. The Balaban J connectivity index is 1.53. The van der Waals surface area contributed by atoms with E-state index < -0.39 is 0 Å². The van der Waals surface area contributed by atoms with Crippen LogP contribution in [0.1, 0.15) is 17.7 Å². The maximum atomic E-state index is 12.1. The van der Waals surface area contributed by atoms with Crippen LogP contribution in [0.15, 0.2) is 17.5 Å². The van der Waals surface area contributed by atoms with Crippen molar-refractivity contribution in [2.24, 2.45) is 0 Å². The Morgan fingerprint density at radius 3 is 3.16 bits per heavy atom. The van der Waals surface area contributed by atoms with E-state index in [1.165, 1.54) is 0 Å². The third kappa shape index (κ3) is 2.68. The van der Waals surface area contributed by atoms with Gasteiger partial charge in [-0.2, -0.15) is 0 Å². The lowest BCUT2D eigenvalue weighted by atomic mass is 9.84. The Bertz CT molecular complexity index is 440. The molecule has 2 saturated heterocycles. The summed E-state index contributed by atoms with van der Waals surface area (Å²) in [5.74, 6) is 0.205. The number of carbonyl (C=O) groups is 1. The lowest BCUT2D eigenvalue weighted by Crippen LogP contribution is -2.67. The van der Waals surface area contributed by atoms with E-state index in [2.05, 4.69) is 0 Å². The van der Waals surface area contributed by atoms with Crippen molar-refractivity contribution in [2.75, 3.05) is 26.8 Å². The number of nitrogens with zero attached hydrogens (tertiary/aromatic N) is 1. The Morgan fingerprint density at radius 1 is 1.63 bits per heavy atom. The number of methoxy groups -OCH3 is 1. The molecule has 1 atom stereocenters. The molecule has 1 aromatic rings. The van der Waals surface area contributed by atoms with E-state index >= 15 is 0 Å². The highest BCUT2D eigenvalue weighted by Crippen LogP contribution is 2.35. The first kappa shape index (κ1) is 13.1. The second-order valence-corrected chi connectivity index (χ2v) is 6.42. The van der Waals surface area contributed by atoms with Gasteiger partial charge in [-0.1, -0.05) is 6.07 Å². The molecule has 0 aromatic carbocycles. The van der Waals surface area contributed by atoms with Crippen LogP contribution >= 0.6 is 11.3 Å². The molecule has 5 heteroatoms. The van der Waals surface area contributed by atoms with Gasteiger partial charge in [-0.05, 0) is 17.9 Å². The Kier molecular flexibility index (Phi) is 3.60. The molecule has 104 valence electrons. The summed E-state index contributed by atoms with van der Waals surface area (Å²) in [5.41, 5.74) is -0.135. The van der Waals surface area contributed by atoms with Crippen molar-refractivity contribution in [1.29, 1.82) is 0 Å². The fourth-order valence-electron chi connectivity index (χ4n) is 2.90. The molecule has 2 aliphatic rings. The standard InChI is InChI=1S/C14H19NO3S/c1-17-11-4-5-18-14(8-11)9-15(10-14)13(16)7-12-3-2-6-19-12/h2-3,6,11H,4-5,7-10H2,1H3. The van der Waals surface area contributed by atoms with Crippen molar-refractivity contribution in [3.63, 3.8) is 0 Å². The molecule has 0 radical (unpaired) electrons. The molecular formula is C14H19NO3S. The van der Waals surface area contributed by atoms with Gasteiger partial charge in [0.05, 0.1) is 25.6 Å². The van der Waals surface area contributed by atoms with Crippen LogP contribution < -0.4 is 0 Å². The summed E-state index contributed by atoms with van der Waals surface area (Å²) in [6.07, 6.45) is 2.66. The lowest BCUT2D eigenvalue weighted by Gasteiger charge is -2.52. The number of amides is 1. The highest BCUT2D eigenvalue weighted by atomic mass is 32.1. The van der Waals surface area contributed by atoms with Crippen LogP contribution in [0.3, 0.4) is 0 Å². The van der Waals surface area contributed by atoms with Gasteiger partial charge in [0.25, 0.3) is 0 Å². The topological polar surface area (TPSA) is 38.8 Å². The van der Waals surface area contributed by atoms with Crippen LogP contribution in [0.2, 0.25) is 0 Å². The average Bonchev–Trinajstić information content (AvgIpc) is 2.88. The number of thiophene rings is 1. The van der Waals surface area contributed by atoms with Crippen LogP contribution in [-0.4, -0.2) is 49.3 Å². The van der Waals surface area contributed by atoms with E-state index in [1.807, 2.05) is 22.4 Å².